The zero-order valence-electron chi connectivity index (χ0n) is 10.1. The molecule has 0 bridgehead atoms. The molecule has 0 amide bonds. The summed E-state index contributed by atoms with van der Waals surface area (Å²) >= 11 is 5.52. The fourth-order valence-corrected chi connectivity index (χ4v) is 2.14. The van der Waals surface area contributed by atoms with Crippen LogP contribution in [0.3, 0.4) is 0 Å². The van der Waals surface area contributed by atoms with Crippen LogP contribution in [0.4, 0.5) is 0 Å². The first kappa shape index (κ1) is 13.5. The molecule has 0 aromatic heterocycles. The smallest absolute Gasteiger partial charge is 0.165 e. The first-order valence-electron chi connectivity index (χ1n) is 6.19. The molecule has 98 valence electrons. The fraction of sp³-hybridized carbons (Fsp3) is 0.500. The molecule has 1 aromatic rings. The highest BCUT2D eigenvalue weighted by Crippen LogP contribution is 2.32. The zero-order chi connectivity index (χ0) is 13.1. The van der Waals surface area contributed by atoms with Crippen molar-refractivity contribution in [2.24, 2.45) is 5.92 Å². The van der Waals surface area contributed by atoms with Gasteiger partial charge in [-0.1, -0.05) is 24.3 Å². The van der Waals surface area contributed by atoms with E-state index in [9.17, 15) is 15.0 Å². The van der Waals surface area contributed by atoms with Gasteiger partial charge >= 0.3 is 0 Å². The van der Waals surface area contributed by atoms with E-state index in [-0.39, 0.29) is 11.7 Å². The van der Waals surface area contributed by atoms with Crippen molar-refractivity contribution in [1.29, 1.82) is 0 Å². The molecule has 1 saturated carbocycles. The zero-order valence-corrected chi connectivity index (χ0v) is 10.8. The number of aliphatic hydroxyl groups excluding tert-OH is 2. The second-order valence-corrected chi connectivity index (χ2v) is 5.13. The van der Waals surface area contributed by atoms with Crippen LogP contribution >= 0.6 is 11.6 Å². The topological polar surface area (TPSA) is 57.5 Å². The number of rotatable bonds is 6. The third kappa shape index (κ3) is 3.10. The lowest BCUT2D eigenvalue weighted by atomic mass is 9.99. The Bertz CT molecular complexity index is 412. The van der Waals surface area contributed by atoms with Crippen LogP contribution in [0.5, 0.6) is 0 Å². The van der Waals surface area contributed by atoms with E-state index in [0.717, 1.165) is 12.8 Å². The van der Waals surface area contributed by atoms with Crippen LogP contribution in [0.2, 0.25) is 0 Å². The summed E-state index contributed by atoms with van der Waals surface area (Å²) in [6, 6.07) is 6.81. The maximum Gasteiger partial charge on any atom is 0.165 e. The van der Waals surface area contributed by atoms with Gasteiger partial charge in [0.15, 0.2) is 5.78 Å². The molecule has 4 heteroatoms. The van der Waals surface area contributed by atoms with Gasteiger partial charge in [-0.25, -0.2) is 0 Å². The summed E-state index contributed by atoms with van der Waals surface area (Å²) in [6.07, 6.45) is 0.488. The van der Waals surface area contributed by atoms with E-state index in [1.54, 1.807) is 24.3 Å². The van der Waals surface area contributed by atoms with Crippen LogP contribution < -0.4 is 0 Å². The van der Waals surface area contributed by atoms with Gasteiger partial charge < -0.3 is 10.2 Å². The highest BCUT2D eigenvalue weighted by atomic mass is 35.5. The number of benzene rings is 1. The number of alkyl halides is 1. The summed E-state index contributed by atoms with van der Waals surface area (Å²) in [4.78, 5) is 11.8. The first-order chi connectivity index (χ1) is 8.63. The van der Waals surface area contributed by atoms with E-state index in [2.05, 4.69) is 0 Å². The van der Waals surface area contributed by atoms with Gasteiger partial charge in [0.1, 0.15) is 6.10 Å². The lowest BCUT2D eigenvalue weighted by molar-refractivity contribution is 0.0170. The number of carbonyl (C=O) groups is 1. The summed E-state index contributed by atoms with van der Waals surface area (Å²) in [6.45, 7) is 0. The van der Waals surface area contributed by atoms with Crippen molar-refractivity contribution < 1.29 is 15.0 Å². The minimum Gasteiger partial charge on any atom is -0.390 e. The maximum atomic E-state index is 11.8. The van der Waals surface area contributed by atoms with Gasteiger partial charge in [-0.05, 0) is 24.8 Å². The van der Waals surface area contributed by atoms with E-state index >= 15 is 0 Å². The average molecular weight is 269 g/mol. The standard InChI is InChI=1S/C14H17ClO3/c15-8-7-12(16)14(18)11-5-3-10(4-6-11)13(17)9-1-2-9/h3-6,9,12,14,16,18H,1-2,7-8H2. The van der Waals surface area contributed by atoms with Crippen molar-refractivity contribution in [2.75, 3.05) is 5.88 Å². The normalized spacial score (nSPS) is 18.4. The molecule has 0 spiro atoms. The second-order valence-electron chi connectivity index (χ2n) is 4.75. The summed E-state index contributed by atoms with van der Waals surface area (Å²) in [5.74, 6) is 0.677. The number of Topliss-reactive ketones (excluding diaryl/α,β-unsaturated/α-hetero) is 1. The number of ketones is 1. The predicted octanol–water partition coefficient (Wildman–Crippen LogP) is 2.30. The Balaban J connectivity index is 2.04. The number of carbonyl (C=O) groups excluding carboxylic acids is 1. The Morgan fingerprint density at radius 2 is 1.89 bits per heavy atom. The SMILES string of the molecule is O=C(c1ccc(C(O)C(O)CCCl)cc1)C1CC1. The van der Waals surface area contributed by atoms with Gasteiger partial charge in [-0.2, -0.15) is 0 Å². The van der Waals surface area contributed by atoms with Gasteiger partial charge in [-0.15, -0.1) is 11.6 Å². The molecule has 0 saturated heterocycles. The number of halogens is 1. The second kappa shape index (κ2) is 5.83. The summed E-state index contributed by atoms with van der Waals surface area (Å²) in [5, 5.41) is 19.5. The predicted molar refractivity (Wildman–Crippen MR) is 69.8 cm³/mol. The number of hydrogen-bond donors (Lipinski definition) is 2. The van der Waals surface area contributed by atoms with Crippen LogP contribution in [0.25, 0.3) is 0 Å². The van der Waals surface area contributed by atoms with Crippen LogP contribution in [-0.2, 0) is 0 Å². The van der Waals surface area contributed by atoms with Crippen LogP contribution in [0, 0.1) is 5.92 Å². The lowest BCUT2D eigenvalue weighted by Gasteiger charge is -2.17. The molecular weight excluding hydrogens is 252 g/mol. The molecule has 1 aliphatic carbocycles. The molecule has 2 N–H and O–H groups in total. The molecule has 2 atom stereocenters. The van der Waals surface area contributed by atoms with Crippen molar-refractivity contribution in [3.8, 4) is 0 Å². The summed E-state index contributed by atoms with van der Waals surface area (Å²) in [5.41, 5.74) is 1.29. The molecule has 0 radical (unpaired) electrons. The minimum absolute atomic E-state index is 0.178. The van der Waals surface area contributed by atoms with E-state index in [1.165, 1.54) is 0 Å². The van der Waals surface area contributed by atoms with E-state index in [1.807, 2.05) is 0 Å². The maximum absolute atomic E-state index is 11.8. The molecule has 1 fully saturated rings. The van der Waals surface area contributed by atoms with E-state index in [4.69, 9.17) is 11.6 Å². The largest absolute Gasteiger partial charge is 0.390 e. The molecule has 2 unspecified atom stereocenters. The molecule has 1 aliphatic rings. The van der Waals surface area contributed by atoms with Gasteiger partial charge in [0.05, 0.1) is 6.10 Å². The van der Waals surface area contributed by atoms with E-state index < -0.39 is 12.2 Å². The van der Waals surface area contributed by atoms with Crippen molar-refractivity contribution in [3.05, 3.63) is 35.4 Å². The van der Waals surface area contributed by atoms with Crippen molar-refractivity contribution >= 4 is 17.4 Å². The third-order valence-electron chi connectivity index (χ3n) is 3.25. The van der Waals surface area contributed by atoms with Crippen molar-refractivity contribution in [1.82, 2.24) is 0 Å². The summed E-state index contributed by atoms with van der Waals surface area (Å²) < 4.78 is 0. The van der Waals surface area contributed by atoms with Crippen molar-refractivity contribution in [2.45, 2.75) is 31.5 Å². The molecule has 1 aromatic carbocycles. The Labute approximate surface area is 111 Å². The van der Waals surface area contributed by atoms with Crippen LogP contribution in [0.15, 0.2) is 24.3 Å². The highest BCUT2D eigenvalue weighted by molar-refractivity contribution is 6.17. The average Bonchev–Trinajstić information content (AvgIpc) is 3.22. The third-order valence-corrected chi connectivity index (χ3v) is 3.47. The fourth-order valence-electron chi connectivity index (χ4n) is 1.92. The monoisotopic (exact) mass is 268 g/mol. The molecule has 0 heterocycles. The highest BCUT2D eigenvalue weighted by Gasteiger charge is 2.30. The van der Waals surface area contributed by atoms with Gasteiger partial charge in [0.25, 0.3) is 0 Å². The number of aliphatic hydroxyl groups is 2. The van der Waals surface area contributed by atoms with Crippen molar-refractivity contribution in [3.63, 3.8) is 0 Å². The Hall–Kier alpha value is -0.900. The van der Waals surface area contributed by atoms with Crippen LogP contribution in [0.1, 0.15) is 41.3 Å². The first-order valence-corrected chi connectivity index (χ1v) is 6.73. The molecular formula is C14H17ClO3. The Morgan fingerprint density at radius 3 is 2.39 bits per heavy atom. The Kier molecular flexibility index (Phi) is 4.38. The molecule has 3 nitrogen and oxygen atoms in total. The Morgan fingerprint density at radius 1 is 1.28 bits per heavy atom. The molecule has 18 heavy (non-hydrogen) atoms. The van der Waals surface area contributed by atoms with E-state index in [0.29, 0.717) is 23.4 Å². The lowest BCUT2D eigenvalue weighted by Crippen LogP contribution is -2.18. The quantitative estimate of drug-likeness (QED) is 0.615. The van der Waals surface area contributed by atoms with Gasteiger partial charge in [-0.3, -0.25) is 4.79 Å². The van der Waals surface area contributed by atoms with Crippen LogP contribution in [-0.4, -0.2) is 28.0 Å². The number of hydrogen-bond acceptors (Lipinski definition) is 3. The van der Waals surface area contributed by atoms with Gasteiger partial charge in [0, 0.05) is 17.4 Å². The molecule has 2 rings (SSSR count). The minimum atomic E-state index is -0.950. The summed E-state index contributed by atoms with van der Waals surface area (Å²) in [7, 11) is 0. The molecule has 0 aliphatic heterocycles. The van der Waals surface area contributed by atoms with Gasteiger partial charge in [0.2, 0.25) is 0 Å².